The van der Waals surface area contributed by atoms with Gasteiger partial charge >= 0.3 is 5.97 Å². The second-order valence-corrected chi connectivity index (χ2v) is 6.92. The van der Waals surface area contributed by atoms with Gasteiger partial charge in [-0.1, -0.05) is 12.1 Å². The SMILES string of the molecule is COC(=O)c1cc(C2Nc3ccccc3C(=O)N2c2ccc(OC)cc2OC)oc1C. The Hall–Kier alpha value is -3.94. The van der Waals surface area contributed by atoms with Crippen LogP contribution in [0, 0.1) is 6.92 Å². The van der Waals surface area contributed by atoms with E-state index in [1.54, 1.807) is 55.3 Å². The zero-order valence-electron chi connectivity index (χ0n) is 17.6. The number of hydrogen-bond donors (Lipinski definition) is 1. The minimum absolute atomic E-state index is 0.239. The molecule has 2 aromatic carbocycles. The minimum atomic E-state index is -0.721. The number of carbonyl (C=O) groups excluding carboxylic acids is 2. The standard InChI is InChI=1S/C23H22N2O6/c1-13-16(23(27)30-4)12-20(31-13)21-24-17-8-6-5-7-15(17)22(26)25(21)18-10-9-14(28-2)11-19(18)29-3/h5-12,21,24H,1-4H3. The quantitative estimate of drug-likeness (QED) is 0.618. The number of para-hydroxylation sites is 1. The monoisotopic (exact) mass is 422 g/mol. The van der Waals surface area contributed by atoms with Gasteiger partial charge in [0, 0.05) is 11.8 Å². The van der Waals surface area contributed by atoms with Crippen molar-refractivity contribution >= 4 is 23.3 Å². The fourth-order valence-corrected chi connectivity index (χ4v) is 3.64. The van der Waals surface area contributed by atoms with Crippen LogP contribution < -0.4 is 19.7 Å². The first-order valence-corrected chi connectivity index (χ1v) is 9.58. The molecule has 1 unspecified atom stereocenters. The van der Waals surface area contributed by atoms with Crippen LogP contribution in [0.3, 0.4) is 0 Å². The molecule has 1 aromatic heterocycles. The highest BCUT2D eigenvalue weighted by Crippen LogP contribution is 2.42. The molecule has 4 rings (SSSR count). The Bertz CT molecular complexity index is 1150. The number of fused-ring (bicyclic) bond motifs is 1. The molecule has 3 aromatic rings. The number of nitrogens with one attached hydrogen (secondary N) is 1. The zero-order chi connectivity index (χ0) is 22.1. The Morgan fingerprint density at radius 2 is 1.84 bits per heavy atom. The molecule has 0 bridgehead atoms. The predicted molar refractivity (Wildman–Crippen MR) is 114 cm³/mol. The summed E-state index contributed by atoms with van der Waals surface area (Å²) in [5.74, 6) is 1.09. The van der Waals surface area contributed by atoms with Gasteiger partial charge in [-0.25, -0.2) is 4.79 Å². The lowest BCUT2D eigenvalue weighted by Gasteiger charge is -2.37. The molecule has 160 valence electrons. The summed E-state index contributed by atoms with van der Waals surface area (Å²) in [6.07, 6.45) is -0.721. The number of methoxy groups -OCH3 is 3. The van der Waals surface area contributed by atoms with E-state index >= 15 is 0 Å². The maximum atomic E-state index is 13.6. The van der Waals surface area contributed by atoms with E-state index in [2.05, 4.69) is 5.32 Å². The van der Waals surface area contributed by atoms with Gasteiger partial charge in [0.15, 0.2) is 6.17 Å². The van der Waals surface area contributed by atoms with Crippen molar-refractivity contribution in [2.24, 2.45) is 0 Å². The molecule has 2 heterocycles. The normalized spacial score (nSPS) is 15.2. The summed E-state index contributed by atoms with van der Waals surface area (Å²) >= 11 is 0. The molecule has 8 heteroatoms. The summed E-state index contributed by atoms with van der Waals surface area (Å²) in [5, 5.41) is 3.34. The molecule has 1 amide bonds. The lowest BCUT2D eigenvalue weighted by molar-refractivity contribution is 0.0598. The van der Waals surface area contributed by atoms with Gasteiger partial charge in [-0.3, -0.25) is 9.69 Å². The molecule has 0 saturated heterocycles. The van der Waals surface area contributed by atoms with E-state index in [4.69, 9.17) is 18.6 Å². The van der Waals surface area contributed by atoms with E-state index in [9.17, 15) is 9.59 Å². The smallest absolute Gasteiger partial charge is 0.341 e. The van der Waals surface area contributed by atoms with Crippen LogP contribution in [0.1, 0.15) is 38.4 Å². The summed E-state index contributed by atoms with van der Waals surface area (Å²) < 4.78 is 21.5. The molecule has 0 fully saturated rings. The zero-order valence-corrected chi connectivity index (χ0v) is 17.6. The largest absolute Gasteiger partial charge is 0.497 e. The Balaban J connectivity index is 1.88. The molecular formula is C23H22N2O6. The second-order valence-electron chi connectivity index (χ2n) is 6.92. The molecule has 8 nitrogen and oxygen atoms in total. The minimum Gasteiger partial charge on any atom is -0.497 e. The lowest BCUT2D eigenvalue weighted by Crippen LogP contribution is -2.43. The van der Waals surface area contributed by atoms with E-state index < -0.39 is 12.1 Å². The van der Waals surface area contributed by atoms with Gasteiger partial charge < -0.3 is 23.9 Å². The number of ether oxygens (including phenoxy) is 3. The molecule has 1 aliphatic heterocycles. The average Bonchev–Trinajstić information content (AvgIpc) is 3.19. The third kappa shape index (κ3) is 3.46. The van der Waals surface area contributed by atoms with E-state index in [0.29, 0.717) is 45.5 Å². The van der Waals surface area contributed by atoms with E-state index in [1.807, 2.05) is 12.1 Å². The maximum Gasteiger partial charge on any atom is 0.341 e. The summed E-state index contributed by atoms with van der Waals surface area (Å²) in [5.41, 5.74) is 1.99. The van der Waals surface area contributed by atoms with Crippen LogP contribution >= 0.6 is 0 Å². The summed E-state index contributed by atoms with van der Waals surface area (Å²) in [7, 11) is 4.39. The topological polar surface area (TPSA) is 90.2 Å². The number of amides is 1. The molecular weight excluding hydrogens is 400 g/mol. The second kappa shape index (κ2) is 8.06. The third-order valence-corrected chi connectivity index (χ3v) is 5.18. The number of benzene rings is 2. The van der Waals surface area contributed by atoms with Gasteiger partial charge in [0.05, 0.1) is 32.6 Å². The molecule has 0 saturated carbocycles. The van der Waals surface area contributed by atoms with Gasteiger partial charge in [-0.05, 0) is 37.3 Å². The maximum absolute atomic E-state index is 13.6. The molecule has 1 aliphatic rings. The van der Waals surface area contributed by atoms with Gasteiger partial charge in [0.25, 0.3) is 5.91 Å². The summed E-state index contributed by atoms with van der Waals surface area (Å²) in [6, 6.07) is 14.0. The number of aryl methyl sites for hydroxylation is 1. The van der Waals surface area contributed by atoms with Crippen LogP contribution in [0.4, 0.5) is 11.4 Å². The van der Waals surface area contributed by atoms with Crippen LogP contribution in [0.15, 0.2) is 52.9 Å². The summed E-state index contributed by atoms with van der Waals surface area (Å²) in [6.45, 7) is 1.67. The molecule has 1 atom stereocenters. The van der Waals surface area contributed by atoms with Crippen molar-refractivity contribution in [3.63, 3.8) is 0 Å². The Morgan fingerprint density at radius 3 is 2.55 bits per heavy atom. The third-order valence-electron chi connectivity index (χ3n) is 5.18. The highest BCUT2D eigenvalue weighted by Gasteiger charge is 2.38. The van der Waals surface area contributed by atoms with Gasteiger partial charge in [0.1, 0.15) is 28.6 Å². The van der Waals surface area contributed by atoms with Crippen LogP contribution in [0.2, 0.25) is 0 Å². The first-order valence-electron chi connectivity index (χ1n) is 9.58. The van der Waals surface area contributed by atoms with E-state index in [1.165, 1.54) is 14.2 Å². The number of rotatable bonds is 5. The number of carbonyl (C=O) groups is 2. The first kappa shape index (κ1) is 20.3. The van der Waals surface area contributed by atoms with Crippen LogP contribution in [0.25, 0.3) is 0 Å². The van der Waals surface area contributed by atoms with Crippen molar-refractivity contribution in [3.05, 3.63) is 71.2 Å². The Labute approximate surface area is 179 Å². The van der Waals surface area contributed by atoms with Gasteiger partial charge in [-0.2, -0.15) is 0 Å². The van der Waals surface area contributed by atoms with Gasteiger partial charge in [-0.15, -0.1) is 0 Å². The number of hydrogen-bond acceptors (Lipinski definition) is 7. The summed E-state index contributed by atoms with van der Waals surface area (Å²) in [4.78, 5) is 27.2. The predicted octanol–water partition coefficient (Wildman–Crippen LogP) is 4.16. The fourth-order valence-electron chi connectivity index (χ4n) is 3.64. The average molecular weight is 422 g/mol. The van der Waals surface area contributed by atoms with Crippen molar-refractivity contribution < 1.29 is 28.2 Å². The molecule has 0 radical (unpaired) electrons. The van der Waals surface area contributed by atoms with Crippen molar-refractivity contribution in [2.75, 3.05) is 31.5 Å². The Kier molecular flexibility index (Phi) is 5.29. The first-order chi connectivity index (χ1) is 15.0. The van der Waals surface area contributed by atoms with Crippen molar-refractivity contribution in [2.45, 2.75) is 13.1 Å². The molecule has 31 heavy (non-hydrogen) atoms. The Morgan fingerprint density at radius 1 is 1.06 bits per heavy atom. The van der Waals surface area contributed by atoms with Gasteiger partial charge in [0.2, 0.25) is 0 Å². The lowest BCUT2D eigenvalue weighted by atomic mass is 10.0. The number of nitrogens with zero attached hydrogens (tertiary/aromatic N) is 1. The highest BCUT2D eigenvalue weighted by atomic mass is 16.5. The van der Waals surface area contributed by atoms with Crippen LogP contribution in [0.5, 0.6) is 11.5 Å². The number of furan rings is 1. The number of esters is 1. The molecule has 0 aliphatic carbocycles. The van der Waals surface area contributed by atoms with Crippen molar-refractivity contribution in [3.8, 4) is 11.5 Å². The molecule has 0 spiro atoms. The van der Waals surface area contributed by atoms with Crippen LogP contribution in [-0.2, 0) is 4.74 Å². The van der Waals surface area contributed by atoms with E-state index in [-0.39, 0.29) is 5.91 Å². The molecule has 1 N–H and O–H groups in total. The van der Waals surface area contributed by atoms with Crippen molar-refractivity contribution in [1.82, 2.24) is 0 Å². The van der Waals surface area contributed by atoms with Crippen LogP contribution in [-0.4, -0.2) is 33.2 Å². The van der Waals surface area contributed by atoms with Crippen molar-refractivity contribution in [1.29, 1.82) is 0 Å². The van der Waals surface area contributed by atoms with E-state index in [0.717, 1.165) is 0 Å². The highest BCUT2D eigenvalue weighted by molar-refractivity contribution is 6.12. The number of anilines is 2. The fraction of sp³-hybridized carbons (Fsp3) is 0.217.